The Morgan fingerprint density at radius 3 is 2.75 bits per heavy atom. The van der Waals surface area contributed by atoms with E-state index in [-0.39, 0.29) is 0 Å². The minimum atomic E-state index is 0.369. The van der Waals surface area contributed by atoms with Gasteiger partial charge in [0.15, 0.2) is 0 Å². The summed E-state index contributed by atoms with van der Waals surface area (Å²) in [4.78, 5) is 0. The van der Waals surface area contributed by atoms with Gasteiger partial charge in [-0.15, -0.1) is 0 Å². The van der Waals surface area contributed by atoms with E-state index < -0.39 is 0 Å². The summed E-state index contributed by atoms with van der Waals surface area (Å²) in [5, 5.41) is 13.1. The minimum Gasteiger partial charge on any atom is -0.508 e. The Labute approximate surface area is 97.7 Å². The molecular formula is C14H21NO. The van der Waals surface area contributed by atoms with Crippen LogP contribution in [0.5, 0.6) is 5.75 Å². The Morgan fingerprint density at radius 2 is 2.12 bits per heavy atom. The summed E-state index contributed by atoms with van der Waals surface area (Å²) in [6, 6.07) is 7.74. The van der Waals surface area contributed by atoms with Gasteiger partial charge in [0.25, 0.3) is 0 Å². The molecule has 2 heteroatoms. The SMILES string of the molecule is CCC1(CC)CNC[C@@H]1c1cccc(O)c1. The lowest BCUT2D eigenvalue weighted by molar-refractivity contribution is 0.260. The van der Waals surface area contributed by atoms with Crippen molar-refractivity contribution in [1.29, 1.82) is 0 Å². The Hall–Kier alpha value is -1.02. The predicted molar refractivity (Wildman–Crippen MR) is 66.7 cm³/mol. The lowest BCUT2D eigenvalue weighted by Gasteiger charge is -2.33. The van der Waals surface area contributed by atoms with Crippen LogP contribution in [0, 0.1) is 5.41 Å². The molecule has 2 nitrogen and oxygen atoms in total. The van der Waals surface area contributed by atoms with Gasteiger partial charge in [-0.1, -0.05) is 26.0 Å². The third kappa shape index (κ3) is 1.82. The van der Waals surface area contributed by atoms with E-state index in [1.807, 2.05) is 12.1 Å². The summed E-state index contributed by atoms with van der Waals surface area (Å²) in [6.07, 6.45) is 2.38. The van der Waals surface area contributed by atoms with Gasteiger partial charge in [0.1, 0.15) is 5.75 Å². The first-order valence-corrected chi connectivity index (χ1v) is 6.21. The Bertz CT molecular complexity index is 358. The second-order valence-corrected chi connectivity index (χ2v) is 4.85. The molecule has 0 spiro atoms. The standard InChI is InChI=1S/C14H21NO/c1-3-14(4-2)10-15-9-13(14)11-6-5-7-12(16)8-11/h5-8,13,15-16H,3-4,9-10H2,1-2H3/t13-/m1/s1. The molecule has 16 heavy (non-hydrogen) atoms. The molecule has 0 aromatic heterocycles. The number of phenols is 1. The third-order valence-corrected chi connectivity index (χ3v) is 4.25. The quantitative estimate of drug-likeness (QED) is 0.819. The molecule has 1 aliphatic rings. The third-order valence-electron chi connectivity index (χ3n) is 4.25. The minimum absolute atomic E-state index is 0.369. The number of hydrogen-bond donors (Lipinski definition) is 2. The van der Waals surface area contributed by atoms with Crippen molar-refractivity contribution in [3.8, 4) is 5.75 Å². The average molecular weight is 219 g/mol. The molecule has 2 rings (SSSR count). The molecule has 1 heterocycles. The molecule has 88 valence electrons. The summed E-state index contributed by atoms with van der Waals surface area (Å²) in [5.41, 5.74) is 1.64. The van der Waals surface area contributed by atoms with Crippen molar-refractivity contribution in [3.05, 3.63) is 29.8 Å². The van der Waals surface area contributed by atoms with E-state index in [0.29, 0.717) is 17.1 Å². The van der Waals surface area contributed by atoms with Gasteiger partial charge in [-0.05, 0) is 36.0 Å². The first-order valence-electron chi connectivity index (χ1n) is 6.21. The fraction of sp³-hybridized carbons (Fsp3) is 0.571. The van der Waals surface area contributed by atoms with Gasteiger partial charge in [0.05, 0.1) is 0 Å². The fourth-order valence-electron chi connectivity index (χ4n) is 3.01. The second kappa shape index (κ2) is 4.46. The van der Waals surface area contributed by atoms with E-state index in [0.717, 1.165) is 13.1 Å². The zero-order valence-electron chi connectivity index (χ0n) is 10.2. The molecular weight excluding hydrogens is 198 g/mol. The van der Waals surface area contributed by atoms with Crippen LogP contribution in [0.15, 0.2) is 24.3 Å². The molecule has 1 fully saturated rings. The molecule has 0 radical (unpaired) electrons. The highest BCUT2D eigenvalue weighted by Gasteiger charge is 2.40. The number of aromatic hydroxyl groups is 1. The van der Waals surface area contributed by atoms with Gasteiger partial charge in [-0.2, -0.15) is 0 Å². The molecule has 0 amide bonds. The van der Waals surface area contributed by atoms with Gasteiger partial charge < -0.3 is 10.4 Å². The number of nitrogens with one attached hydrogen (secondary N) is 1. The summed E-state index contributed by atoms with van der Waals surface area (Å²) >= 11 is 0. The molecule has 2 N–H and O–H groups in total. The van der Waals surface area contributed by atoms with E-state index in [2.05, 4.69) is 25.2 Å². The van der Waals surface area contributed by atoms with E-state index in [1.165, 1.54) is 18.4 Å². The molecule has 0 unspecified atom stereocenters. The molecule has 1 aromatic rings. The highest BCUT2D eigenvalue weighted by Crippen LogP contribution is 2.44. The first-order chi connectivity index (χ1) is 7.72. The summed E-state index contributed by atoms with van der Waals surface area (Å²) in [5.74, 6) is 0.917. The van der Waals surface area contributed by atoms with Crippen LogP contribution in [-0.2, 0) is 0 Å². The van der Waals surface area contributed by atoms with Gasteiger partial charge in [0, 0.05) is 19.0 Å². The molecule has 0 aliphatic carbocycles. The van der Waals surface area contributed by atoms with Crippen LogP contribution < -0.4 is 5.32 Å². The Morgan fingerprint density at radius 1 is 1.38 bits per heavy atom. The maximum atomic E-state index is 9.57. The van der Waals surface area contributed by atoms with E-state index in [1.54, 1.807) is 6.07 Å². The maximum absolute atomic E-state index is 9.57. The average Bonchev–Trinajstić information content (AvgIpc) is 2.73. The van der Waals surface area contributed by atoms with Crippen molar-refractivity contribution >= 4 is 0 Å². The fourth-order valence-corrected chi connectivity index (χ4v) is 3.01. The molecule has 1 aromatic carbocycles. The highest BCUT2D eigenvalue weighted by atomic mass is 16.3. The molecule has 0 saturated carbocycles. The van der Waals surface area contributed by atoms with Crippen LogP contribution in [0.4, 0.5) is 0 Å². The predicted octanol–water partition coefficient (Wildman–Crippen LogP) is 2.89. The van der Waals surface area contributed by atoms with Crippen LogP contribution in [0.3, 0.4) is 0 Å². The van der Waals surface area contributed by atoms with Crippen molar-refractivity contribution < 1.29 is 5.11 Å². The smallest absolute Gasteiger partial charge is 0.115 e. The monoisotopic (exact) mass is 219 g/mol. The van der Waals surface area contributed by atoms with Crippen LogP contribution in [0.25, 0.3) is 0 Å². The summed E-state index contributed by atoms with van der Waals surface area (Å²) in [6.45, 7) is 6.67. The normalized spacial score (nSPS) is 23.5. The van der Waals surface area contributed by atoms with E-state index in [4.69, 9.17) is 0 Å². The zero-order chi connectivity index (χ0) is 11.6. The van der Waals surface area contributed by atoms with Gasteiger partial charge >= 0.3 is 0 Å². The van der Waals surface area contributed by atoms with Crippen LogP contribution in [0.1, 0.15) is 38.2 Å². The van der Waals surface area contributed by atoms with Crippen molar-refractivity contribution in [1.82, 2.24) is 5.32 Å². The van der Waals surface area contributed by atoms with Crippen LogP contribution >= 0.6 is 0 Å². The van der Waals surface area contributed by atoms with E-state index >= 15 is 0 Å². The largest absolute Gasteiger partial charge is 0.508 e. The van der Waals surface area contributed by atoms with Crippen LogP contribution in [-0.4, -0.2) is 18.2 Å². The molecule has 1 atom stereocenters. The number of hydrogen-bond acceptors (Lipinski definition) is 2. The van der Waals surface area contributed by atoms with Gasteiger partial charge in [-0.25, -0.2) is 0 Å². The molecule has 1 saturated heterocycles. The van der Waals surface area contributed by atoms with Crippen molar-refractivity contribution in [2.45, 2.75) is 32.6 Å². The van der Waals surface area contributed by atoms with Crippen molar-refractivity contribution in [2.24, 2.45) is 5.41 Å². The van der Waals surface area contributed by atoms with E-state index in [9.17, 15) is 5.11 Å². The highest BCUT2D eigenvalue weighted by molar-refractivity contribution is 5.32. The lowest BCUT2D eigenvalue weighted by Crippen LogP contribution is -2.27. The topological polar surface area (TPSA) is 32.3 Å². The van der Waals surface area contributed by atoms with Crippen molar-refractivity contribution in [3.63, 3.8) is 0 Å². The lowest BCUT2D eigenvalue weighted by atomic mass is 9.71. The number of benzene rings is 1. The van der Waals surface area contributed by atoms with Crippen molar-refractivity contribution in [2.75, 3.05) is 13.1 Å². The van der Waals surface area contributed by atoms with Gasteiger partial charge in [-0.3, -0.25) is 0 Å². The number of phenolic OH excluding ortho intramolecular Hbond substituents is 1. The Kier molecular flexibility index (Phi) is 3.20. The second-order valence-electron chi connectivity index (χ2n) is 4.85. The number of rotatable bonds is 3. The zero-order valence-corrected chi connectivity index (χ0v) is 10.2. The first kappa shape index (κ1) is 11.5. The summed E-state index contributed by atoms with van der Waals surface area (Å²) in [7, 11) is 0. The maximum Gasteiger partial charge on any atom is 0.115 e. The van der Waals surface area contributed by atoms with Gasteiger partial charge in [0.2, 0.25) is 0 Å². The molecule has 0 bridgehead atoms. The summed E-state index contributed by atoms with van der Waals surface area (Å²) < 4.78 is 0. The Balaban J connectivity index is 2.32. The molecule has 1 aliphatic heterocycles. The van der Waals surface area contributed by atoms with Crippen LogP contribution in [0.2, 0.25) is 0 Å².